The summed E-state index contributed by atoms with van der Waals surface area (Å²) in [5, 5.41) is 4.73. The first-order valence-electron chi connectivity index (χ1n) is 30.2. The fraction of sp³-hybridized carbons (Fsp3) is 0.205. The van der Waals surface area contributed by atoms with E-state index >= 15 is 0 Å². The zero-order valence-electron chi connectivity index (χ0n) is 50.9. The van der Waals surface area contributed by atoms with Crippen LogP contribution in [0.4, 0.5) is 51.2 Å². The summed E-state index contributed by atoms with van der Waals surface area (Å²) in [6.07, 6.45) is 0. The van der Waals surface area contributed by atoms with Crippen LogP contribution in [-0.2, 0) is 21.7 Å². The summed E-state index contributed by atoms with van der Waals surface area (Å²) >= 11 is 1.91. The van der Waals surface area contributed by atoms with Gasteiger partial charge in [0, 0.05) is 66.4 Å². The predicted molar refractivity (Wildman–Crippen MR) is 367 cm³/mol. The van der Waals surface area contributed by atoms with Crippen molar-refractivity contribution >= 4 is 139 Å². The third-order valence-corrected chi connectivity index (χ3v) is 19.4. The fourth-order valence-electron chi connectivity index (χ4n) is 13.7. The first-order valence-corrected chi connectivity index (χ1v) is 31.0. The van der Waals surface area contributed by atoms with Gasteiger partial charge in [-0.3, -0.25) is 0 Å². The molecule has 418 valence electrons. The molecule has 0 aliphatic carbocycles. The number of aromatic nitrogens is 1. The Morgan fingerprint density at radius 1 is 0.365 bits per heavy atom. The van der Waals surface area contributed by atoms with Gasteiger partial charge in [0.15, 0.2) is 0 Å². The van der Waals surface area contributed by atoms with E-state index < -0.39 is 0 Å². The maximum Gasteiger partial charge on any atom is 0.252 e. The van der Waals surface area contributed by atoms with Crippen molar-refractivity contribution in [2.75, 3.05) is 14.7 Å². The van der Waals surface area contributed by atoms with Gasteiger partial charge >= 0.3 is 0 Å². The SMILES string of the molecule is CC(C)(C)c1ccc(N(c2ccc(C(C)(C)C)cc2)c2ccc3c(c2)N(c2cccc4oc5ccccc5c24)c2cc(N(c4ccc(C(C)(C)C)cc4)c4ccc(C(C)(C)C)cc4)cc4c2B3c2cccc3c5sc6ccccc6c5n-4c23)cc1. The monoisotopic (exact) mass is 1120 g/mol. The molecule has 0 radical (unpaired) electrons. The van der Waals surface area contributed by atoms with E-state index in [0.717, 1.165) is 73.1 Å². The molecule has 0 atom stereocenters. The molecular formula is C78H71BN4OS. The van der Waals surface area contributed by atoms with E-state index in [2.05, 4.69) is 315 Å². The zero-order valence-corrected chi connectivity index (χ0v) is 51.7. The fourth-order valence-corrected chi connectivity index (χ4v) is 14.9. The van der Waals surface area contributed by atoms with Gasteiger partial charge in [-0.25, -0.2) is 0 Å². The zero-order chi connectivity index (χ0) is 58.6. The largest absolute Gasteiger partial charge is 0.456 e. The van der Waals surface area contributed by atoms with Crippen LogP contribution < -0.4 is 31.1 Å². The Bertz CT molecular complexity index is 4690. The molecule has 0 unspecified atom stereocenters. The number of anilines is 9. The Morgan fingerprint density at radius 3 is 1.39 bits per heavy atom. The third kappa shape index (κ3) is 8.47. The number of hydrogen-bond donors (Lipinski definition) is 0. The number of nitrogens with zero attached hydrogens (tertiary/aromatic N) is 4. The molecular weight excluding hydrogens is 1050 g/mol. The molecule has 10 aromatic carbocycles. The highest BCUT2D eigenvalue weighted by Gasteiger charge is 2.44. The van der Waals surface area contributed by atoms with Gasteiger partial charge in [0.05, 0.1) is 32.5 Å². The van der Waals surface area contributed by atoms with E-state index in [-0.39, 0.29) is 28.4 Å². The first-order chi connectivity index (χ1) is 40.7. The van der Waals surface area contributed by atoms with E-state index in [1.54, 1.807) is 0 Å². The van der Waals surface area contributed by atoms with Gasteiger partial charge < -0.3 is 23.7 Å². The second-order valence-electron chi connectivity index (χ2n) is 27.9. The van der Waals surface area contributed by atoms with Crippen molar-refractivity contribution in [2.45, 2.75) is 105 Å². The van der Waals surface area contributed by atoms with Gasteiger partial charge in [0.25, 0.3) is 6.71 Å². The Hall–Kier alpha value is -8.78. The summed E-state index contributed by atoms with van der Waals surface area (Å²) < 4.78 is 12.1. The minimum atomic E-state index is -0.109. The van der Waals surface area contributed by atoms with Gasteiger partial charge in [0.2, 0.25) is 0 Å². The van der Waals surface area contributed by atoms with Gasteiger partial charge in [-0.05, 0) is 157 Å². The maximum atomic E-state index is 6.83. The molecule has 0 fully saturated rings. The normalized spacial score (nSPS) is 13.4. The summed E-state index contributed by atoms with van der Waals surface area (Å²) in [5.41, 5.74) is 24.3. The molecule has 0 amide bonds. The molecule has 5 heterocycles. The average Bonchev–Trinajstić information content (AvgIpc) is 1.71. The summed E-state index contributed by atoms with van der Waals surface area (Å²) in [7, 11) is 0. The average molecular weight is 1120 g/mol. The van der Waals surface area contributed by atoms with Crippen LogP contribution in [0.1, 0.15) is 105 Å². The highest BCUT2D eigenvalue weighted by Crippen LogP contribution is 2.51. The van der Waals surface area contributed by atoms with Crippen LogP contribution in [0.15, 0.2) is 217 Å². The standard InChI is InChI=1S/C78H71BN4OS/c1-75(2,3)48-27-35-52(36-28-48)80(53-37-29-49(30-38-53)76(4,5)6)56-43-44-61-64(45-56)82(63-23-18-25-68-70(63)58-19-13-15-24-67(58)84-68)65-46-57(81(54-39-31-50(32-40-54)77(7,8)9)55-41-33-51(34-42-55)78(10,11)12)47-66-71(65)79(61)62-22-17-21-60-72(62)83(66)73-59-20-14-16-26-69(59)85-74(60)73/h13-47H,1-12H3. The minimum Gasteiger partial charge on any atom is -0.456 e. The molecule has 0 spiro atoms. The highest BCUT2D eigenvalue weighted by molar-refractivity contribution is 7.26. The molecule has 0 bridgehead atoms. The number of hydrogen-bond acceptors (Lipinski definition) is 5. The van der Waals surface area contributed by atoms with Crippen molar-refractivity contribution in [3.8, 4) is 5.69 Å². The van der Waals surface area contributed by atoms with Gasteiger partial charge in [-0.2, -0.15) is 0 Å². The molecule has 85 heavy (non-hydrogen) atoms. The third-order valence-electron chi connectivity index (χ3n) is 18.2. The summed E-state index contributed by atoms with van der Waals surface area (Å²) in [4.78, 5) is 7.56. The summed E-state index contributed by atoms with van der Waals surface area (Å²) in [5.74, 6) is 0. The molecule has 13 aromatic rings. The Morgan fingerprint density at radius 2 is 0.824 bits per heavy atom. The number of rotatable bonds is 7. The van der Waals surface area contributed by atoms with Crippen molar-refractivity contribution in [3.63, 3.8) is 0 Å². The van der Waals surface area contributed by atoms with Crippen molar-refractivity contribution in [2.24, 2.45) is 0 Å². The Kier molecular flexibility index (Phi) is 11.8. The number of thiophene rings is 1. The molecule has 0 saturated heterocycles. The molecule has 15 rings (SSSR count). The van der Waals surface area contributed by atoms with Crippen LogP contribution in [0.3, 0.4) is 0 Å². The molecule has 3 aromatic heterocycles. The van der Waals surface area contributed by atoms with Crippen molar-refractivity contribution < 1.29 is 4.42 Å². The van der Waals surface area contributed by atoms with Crippen molar-refractivity contribution in [1.82, 2.24) is 4.57 Å². The molecule has 2 aliphatic heterocycles. The van der Waals surface area contributed by atoms with Crippen LogP contribution in [0.5, 0.6) is 0 Å². The van der Waals surface area contributed by atoms with Gasteiger partial charge in [-0.15, -0.1) is 11.3 Å². The second kappa shape index (κ2) is 18.9. The predicted octanol–water partition coefficient (Wildman–Crippen LogP) is 20.6. The van der Waals surface area contributed by atoms with E-state index in [4.69, 9.17) is 4.42 Å². The van der Waals surface area contributed by atoms with Crippen LogP contribution in [0.2, 0.25) is 0 Å². The molecule has 0 N–H and O–H groups in total. The van der Waals surface area contributed by atoms with E-state index in [9.17, 15) is 0 Å². The molecule has 5 nitrogen and oxygen atoms in total. The number of para-hydroxylation sites is 2. The van der Waals surface area contributed by atoms with Crippen LogP contribution in [0, 0.1) is 0 Å². The topological polar surface area (TPSA) is 27.8 Å². The number of fused-ring (bicyclic) bond motifs is 12. The van der Waals surface area contributed by atoms with E-state index in [1.807, 2.05) is 11.3 Å². The molecule has 7 heteroatoms. The minimum absolute atomic E-state index is 0.000321. The lowest BCUT2D eigenvalue weighted by Gasteiger charge is -2.42. The molecule has 0 saturated carbocycles. The van der Waals surface area contributed by atoms with Gasteiger partial charge in [0.1, 0.15) is 11.2 Å². The van der Waals surface area contributed by atoms with E-state index in [1.165, 1.54) is 75.5 Å². The maximum absolute atomic E-state index is 6.83. The van der Waals surface area contributed by atoms with Crippen LogP contribution >= 0.6 is 11.3 Å². The van der Waals surface area contributed by atoms with Crippen LogP contribution in [-0.4, -0.2) is 11.3 Å². The summed E-state index contributed by atoms with van der Waals surface area (Å²) in [6, 6.07) is 80.7. The van der Waals surface area contributed by atoms with Gasteiger partial charge in [-0.1, -0.05) is 198 Å². The lowest BCUT2D eigenvalue weighted by molar-refractivity contribution is 0.590. The van der Waals surface area contributed by atoms with Crippen molar-refractivity contribution in [1.29, 1.82) is 0 Å². The second-order valence-corrected chi connectivity index (χ2v) is 28.9. The number of benzene rings is 10. The quantitative estimate of drug-likeness (QED) is 0.149. The van der Waals surface area contributed by atoms with Crippen LogP contribution in [0.25, 0.3) is 58.8 Å². The Balaban J connectivity index is 1.07. The Labute approximate surface area is 504 Å². The lowest BCUT2D eigenvalue weighted by Crippen LogP contribution is -2.60. The van der Waals surface area contributed by atoms with E-state index in [0.29, 0.717) is 0 Å². The highest BCUT2D eigenvalue weighted by atomic mass is 32.1. The smallest absolute Gasteiger partial charge is 0.252 e. The first kappa shape index (κ1) is 53.0. The summed E-state index contributed by atoms with van der Waals surface area (Å²) in [6.45, 7) is 27.4. The van der Waals surface area contributed by atoms with Crippen molar-refractivity contribution in [3.05, 3.63) is 235 Å². The molecule has 2 aliphatic rings. The lowest BCUT2D eigenvalue weighted by atomic mass is 9.33. The number of furan rings is 1.